The lowest BCUT2D eigenvalue weighted by molar-refractivity contribution is 0.166. The Kier molecular flexibility index (Phi) is 3.91. The number of ether oxygens (including phenoxy) is 1. The summed E-state index contributed by atoms with van der Waals surface area (Å²) in [6.45, 7) is 5.38. The van der Waals surface area contributed by atoms with Gasteiger partial charge in [-0.3, -0.25) is 4.68 Å². The van der Waals surface area contributed by atoms with Gasteiger partial charge in [0.1, 0.15) is 5.75 Å². The van der Waals surface area contributed by atoms with Gasteiger partial charge in [-0.05, 0) is 43.2 Å². The first-order valence-electron chi connectivity index (χ1n) is 7.25. The van der Waals surface area contributed by atoms with Crippen LogP contribution in [0.15, 0.2) is 18.2 Å². The molecule has 1 unspecified atom stereocenters. The Labute approximate surface area is 129 Å². The van der Waals surface area contributed by atoms with Crippen molar-refractivity contribution in [2.75, 3.05) is 6.61 Å². The van der Waals surface area contributed by atoms with E-state index in [9.17, 15) is 5.11 Å². The molecule has 0 saturated carbocycles. The highest BCUT2D eigenvalue weighted by atomic mass is 35.5. The van der Waals surface area contributed by atoms with E-state index < -0.39 is 6.10 Å². The molecule has 0 amide bonds. The minimum absolute atomic E-state index is 0.480. The van der Waals surface area contributed by atoms with Gasteiger partial charge in [0.2, 0.25) is 0 Å². The predicted octanol–water partition coefficient (Wildman–Crippen LogP) is 3.08. The molecular weight excluding hydrogens is 288 g/mol. The summed E-state index contributed by atoms with van der Waals surface area (Å²) in [6, 6.07) is 5.76. The third-order valence-electron chi connectivity index (χ3n) is 3.81. The topological polar surface area (TPSA) is 47.3 Å². The number of aliphatic hydroxyl groups excluding tert-OH is 1. The molecule has 0 saturated heterocycles. The zero-order valence-electron chi connectivity index (χ0n) is 12.3. The lowest BCUT2D eigenvalue weighted by Gasteiger charge is -2.15. The van der Waals surface area contributed by atoms with E-state index >= 15 is 0 Å². The summed E-state index contributed by atoms with van der Waals surface area (Å²) in [7, 11) is 0. The number of aromatic nitrogens is 2. The van der Waals surface area contributed by atoms with Crippen LogP contribution >= 0.6 is 11.6 Å². The van der Waals surface area contributed by atoms with Crippen molar-refractivity contribution in [2.45, 2.75) is 39.3 Å². The van der Waals surface area contributed by atoms with Gasteiger partial charge in [-0.1, -0.05) is 11.6 Å². The zero-order chi connectivity index (χ0) is 15.0. The summed E-state index contributed by atoms with van der Waals surface area (Å²) in [5, 5.41) is 15.6. The minimum atomic E-state index is -0.613. The summed E-state index contributed by atoms with van der Waals surface area (Å²) in [5.41, 5.74) is 3.84. The molecular formula is C16H19ClN2O2. The molecule has 0 spiro atoms. The second kappa shape index (κ2) is 5.70. The van der Waals surface area contributed by atoms with Crippen LogP contribution < -0.4 is 4.74 Å². The van der Waals surface area contributed by atoms with Gasteiger partial charge in [-0.25, -0.2) is 0 Å². The smallest absolute Gasteiger partial charge is 0.126 e. The van der Waals surface area contributed by atoms with E-state index in [1.807, 2.05) is 36.7 Å². The molecule has 1 atom stereocenters. The van der Waals surface area contributed by atoms with Crippen LogP contribution in [0.1, 0.15) is 35.5 Å². The normalized spacial score (nSPS) is 14.9. The standard InChI is InChI=1S/C16H19ClN2O2/c1-3-19-14(6-10(2)18-19)15(20)9-12-8-13(17)7-11-4-5-21-16(11)12/h6-8,15,20H,3-5,9H2,1-2H3. The van der Waals surface area contributed by atoms with E-state index in [0.29, 0.717) is 18.1 Å². The maximum Gasteiger partial charge on any atom is 0.126 e. The second-order valence-electron chi connectivity index (χ2n) is 5.40. The van der Waals surface area contributed by atoms with E-state index in [4.69, 9.17) is 16.3 Å². The summed E-state index contributed by atoms with van der Waals surface area (Å²) in [6.07, 6.45) is 0.747. The van der Waals surface area contributed by atoms with Gasteiger partial charge in [0.05, 0.1) is 24.1 Å². The number of aliphatic hydroxyl groups is 1. The monoisotopic (exact) mass is 306 g/mol. The number of fused-ring (bicyclic) bond motifs is 1. The van der Waals surface area contributed by atoms with Crippen LogP contribution in [-0.4, -0.2) is 21.5 Å². The van der Waals surface area contributed by atoms with Crippen LogP contribution in [0, 0.1) is 6.92 Å². The van der Waals surface area contributed by atoms with Crippen LogP contribution in [0.3, 0.4) is 0 Å². The average Bonchev–Trinajstić information content (AvgIpc) is 3.04. The first-order chi connectivity index (χ1) is 10.1. The summed E-state index contributed by atoms with van der Waals surface area (Å²) < 4.78 is 7.53. The van der Waals surface area contributed by atoms with Gasteiger partial charge in [0, 0.05) is 24.4 Å². The molecule has 0 aliphatic carbocycles. The van der Waals surface area contributed by atoms with Crippen molar-refractivity contribution in [3.8, 4) is 5.75 Å². The van der Waals surface area contributed by atoms with Gasteiger partial charge >= 0.3 is 0 Å². The third-order valence-corrected chi connectivity index (χ3v) is 4.03. The Hall–Kier alpha value is -1.52. The summed E-state index contributed by atoms with van der Waals surface area (Å²) in [5.74, 6) is 0.887. The molecule has 21 heavy (non-hydrogen) atoms. The fraction of sp³-hybridized carbons (Fsp3) is 0.438. The number of hydrogen-bond acceptors (Lipinski definition) is 3. The van der Waals surface area contributed by atoms with Crippen LogP contribution in [0.4, 0.5) is 0 Å². The summed E-state index contributed by atoms with van der Waals surface area (Å²) >= 11 is 6.17. The van der Waals surface area contributed by atoms with Gasteiger partial charge in [0.15, 0.2) is 0 Å². The van der Waals surface area contributed by atoms with E-state index in [1.54, 1.807) is 0 Å². The van der Waals surface area contributed by atoms with Crippen molar-refractivity contribution in [3.05, 3.63) is 45.7 Å². The molecule has 3 rings (SSSR count). The Balaban J connectivity index is 1.90. The van der Waals surface area contributed by atoms with Crippen molar-refractivity contribution in [2.24, 2.45) is 0 Å². The zero-order valence-corrected chi connectivity index (χ0v) is 13.0. The Morgan fingerprint density at radius 2 is 2.24 bits per heavy atom. The van der Waals surface area contributed by atoms with E-state index in [2.05, 4.69) is 5.10 Å². The molecule has 1 aromatic carbocycles. The quantitative estimate of drug-likeness (QED) is 0.944. The number of hydrogen-bond donors (Lipinski definition) is 1. The molecule has 1 aliphatic heterocycles. The van der Waals surface area contributed by atoms with Crippen LogP contribution in [0.5, 0.6) is 5.75 Å². The molecule has 1 N–H and O–H groups in total. The molecule has 4 nitrogen and oxygen atoms in total. The van der Waals surface area contributed by atoms with Crippen molar-refractivity contribution >= 4 is 11.6 Å². The molecule has 1 aliphatic rings. The first-order valence-corrected chi connectivity index (χ1v) is 7.62. The second-order valence-corrected chi connectivity index (χ2v) is 5.83. The van der Waals surface area contributed by atoms with Gasteiger partial charge in [-0.15, -0.1) is 0 Å². The lowest BCUT2D eigenvalue weighted by Crippen LogP contribution is -2.10. The number of halogens is 1. The summed E-state index contributed by atoms with van der Waals surface area (Å²) in [4.78, 5) is 0. The molecule has 2 heterocycles. The Bertz CT molecular complexity index is 667. The molecule has 2 aromatic rings. The van der Waals surface area contributed by atoms with Crippen molar-refractivity contribution in [1.29, 1.82) is 0 Å². The molecule has 0 fully saturated rings. The highest BCUT2D eigenvalue weighted by Gasteiger charge is 2.22. The fourth-order valence-corrected chi connectivity index (χ4v) is 3.16. The lowest BCUT2D eigenvalue weighted by atomic mass is 10.0. The average molecular weight is 307 g/mol. The number of benzene rings is 1. The largest absolute Gasteiger partial charge is 0.493 e. The van der Waals surface area contributed by atoms with E-state index in [0.717, 1.165) is 41.2 Å². The SMILES string of the molecule is CCn1nc(C)cc1C(O)Cc1cc(Cl)cc2c1OCC2. The van der Waals surface area contributed by atoms with Crippen molar-refractivity contribution in [3.63, 3.8) is 0 Å². The molecule has 5 heteroatoms. The van der Waals surface area contributed by atoms with Crippen LogP contribution in [0.2, 0.25) is 5.02 Å². The number of rotatable bonds is 4. The van der Waals surface area contributed by atoms with Gasteiger partial charge in [-0.2, -0.15) is 5.10 Å². The highest BCUT2D eigenvalue weighted by molar-refractivity contribution is 6.30. The first kappa shape index (κ1) is 14.4. The maximum absolute atomic E-state index is 10.6. The molecule has 1 aromatic heterocycles. The van der Waals surface area contributed by atoms with Crippen LogP contribution in [-0.2, 0) is 19.4 Å². The van der Waals surface area contributed by atoms with Crippen molar-refractivity contribution < 1.29 is 9.84 Å². The third kappa shape index (κ3) is 2.78. The van der Waals surface area contributed by atoms with E-state index in [1.165, 1.54) is 0 Å². The fourth-order valence-electron chi connectivity index (χ4n) is 2.90. The minimum Gasteiger partial charge on any atom is -0.493 e. The predicted molar refractivity (Wildman–Crippen MR) is 82.0 cm³/mol. The highest BCUT2D eigenvalue weighted by Crippen LogP contribution is 2.35. The maximum atomic E-state index is 10.6. The van der Waals surface area contributed by atoms with Crippen LogP contribution in [0.25, 0.3) is 0 Å². The van der Waals surface area contributed by atoms with Crippen molar-refractivity contribution in [1.82, 2.24) is 9.78 Å². The molecule has 112 valence electrons. The number of nitrogens with zero attached hydrogens (tertiary/aromatic N) is 2. The Morgan fingerprint density at radius 3 is 3.00 bits per heavy atom. The van der Waals surface area contributed by atoms with E-state index in [-0.39, 0.29) is 0 Å². The molecule has 0 radical (unpaired) electrons. The Morgan fingerprint density at radius 1 is 1.43 bits per heavy atom. The van der Waals surface area contributed by atoms with Gasteiger partial charge in [0.25, 0.3) is 0 Å². The van der Waals surface area contributed by atoms with Gasteiger partial charge < -0.3 is 9.84 Å². The number of aryl methyl sites for hydroxylation is 2. The molecule has 0 bridgehead atoms.